The summed E-state index contributed by atoms with van der Waals surface area (Å²) >= 11 is 0. The molecule has 0 spiro atoms. The second kappa shape index (κ2) is 8.13. The molecule has 7 heteroatoms. The van der Waals surface area contributed by atoms with Gasteiger partial charge in [0.15, 0.2) is 0 Å². The Morgan fingerprint density at radius 1 is 1.04 bits per heavy atom. The summed E-state index contributed by atoms with van der Waals surface area (Å²) in [5, 5.41) is 0. The van der Waals surface area contributed by atoms with Crippen molar-refractivity contribution in [3.05, 3.63) is 59.7 Å². The van der Waals surface area contributed by atoms with E-state index >= 15 is 0 Å². The molecular weight excluding hydrogens is 340 g/mol. The first kappa shape index (κ1) is 19.0. The van der Waals surface area contributed by atoms with Crippen molar-refractivity contribution >= 4 is 15.9 Å². The summed E-state index contributed by atoms with van der Waals surface area (Å²) in [4.78, 5) is 14.2. The van der Waals surface area contributed by atoms with Gasteiger partial charge in [-0.2, -0.15) is 0 Å². The van der Waals surface area contributed by atoms with Crippen molar-refractivity contribution in [2.75, 3.05) is 6.61 Å². The number of hydrogen-bond donors (Lipinski definition) is 2. The number of ether oxygens (including phenoxy) is 1. The highest BCUT2D eigenvalue weighted by atomic mass is 32.2. The Balaban J connectivity index is 2.02. The molecule has 2 aromatic carbocycles. The van der Waals surface area contributed by atoms with E-state index in [1.165, 1.54) is 12.1 Å². The summed E-state index contributed by atoms with van der Waals surface area (Å²) < 4.78 is 29.8. The van der Waals surface area contributed by atoms with Crippen molar-refractivity contribution in [3.63, 3.8) is 0 Å². The van der Waals surface area contributed by atoms with Gasteiger partial charge in [0.2, 0.25) is 0 Å². The third kappa shape index (κ3) is 5.04. The summed E-state index contributed by atoms with van der Waals surface area (Å²) in [6, 6.07) is 13.0. The van der Waals surface area contributed by atoms with Crippen molar-refractivity contribution in [2.24, 2.45) is 0 Å². The lowest BCUT2D eigenvalue weighted by molar-refractivity contribution is 0.0945. The van der Waals surface area contributed by atoms with Crippen molar-refractivity contribution < 1.29 is 17.9 Å². The lowest BCUT2D eigenvalue weighted by atomic mass is 10.0. The number of benzene rings is 2. The molecule has 2 rings (SSSR count). The third-order valence-corrected chi connectivity index (χ3v) is 4.85. The molecule has 0 bridgehead atoms. The molecule has 0 radical (unpaired) electrons. The van der Waals surface area contributed by atoms with Crippen molar-refractivity contribution in [1.29, 1.82) is 0 Å². The van der Waals surface area contributed by atoms with Crippen molar-refractivity contribution in [3.8, 4) is 5.75 Å². The van der Waals surface area contributed by atoms with Crippen LogP contribution in [0.2, 0.25) is 0 Å². The van der Waals surface area contributed by atoms with Crippen LogP contribution in [-0.2, 0) is 10.0 Å². The number of carbonyl (C=O) groups is 1. The zero-order chi connectivity index (χ0) is 18.4. The predicted molar refractivity (Wildman–Crippen MR) is 95.9 cm³/mol. The van der Waals surface area contributed by atoms with E-state index in [1.807, 2.05) is 20.8 Å². The largest absolute Gasteiger partial charge is 0.494 e. The van der Waals surface area contributed by atoms with Gasteiger partial charge in [-0.3, -0.25) is 10.2 Å². The molecule has 2 aromatic rings. The number of hydrazine groups is 1. The molecule has 0 unspecified atom stereocenters. The highest BCUT2D eigenvalue weighted by molar-refractivity contribution is 7.89. The SMILES string of the molecule is CCOc1ccc(C(=O)NNS(=O)(=O)c2ccc(C(C)C)cc2)cc1. The lowest BCUT2D eigenvalue weighted by Crippen LogP contribution is -2.41. The number of nitrogens with one attached hydrogen (secondary N) is 2. The number of carbonyl (C=O) groups excluding carboxylic acids is 1. The van der Waals surface area contributed by atoms with Crippen LogP contribution in [0.5, 0.6) is 5.75 Å². The van der Waals surface area contributed by atoms with Crippen LogP contribution < -0.4 is 15.0 Å². The average molecular weight is 362 g/mol. The smallest absolute Gasteiger partial charge is 0.266 e. The van der Waals surface area contributed by atoms with E-state index in [0.29, 0.717) is 23.8 Å². The van der Waals surface area contributed by atoms with Crippen LogP contribution in [0.1, 0.15) is 42.6 Å². The fourth-order valence-electron chi connectivity index (χ4n) is 2.15. The van der Waals surface area contributed by atoms with Gasteiger partial charge in [-0.25, -0.2) is 8.42 Å². The van der Waals surface area contributed by atoms with E-state index in [4.69, 9.17) is 4.74 Å². The number of rotatable bonds is 7. The van der Waals surface area contributed by atoms with E-state index in [1.54, 1.807) is 36.4 Å². The van der Waals surface area contributed by atoms with Crippen LogP contribution in [-0.4, -0.2) is 20.9 Å². The summed E-state index contributed by atoms with van der Waals surface area (Å²) in [7, 11) is -3.83. The first-order chi connectivity index (χ1) is 11.8. The Hall–Kier alpha value is -2.38. The van der Waals surface area contributed by atoms with Gasteiger partial charge in [-0.1, -0.05) is 26.0 Å². The minimum atomic E-state index is -3.83. The molecule has 0 aromatic heterocycles. The summed E-state index contributed by atoms with van der Waals surface area (Å²) in [6.07, 6.45) is 0. The van der Waals surface area contributed by atoms with Gasteiger partial charge in [0.25, 0.3) is 15.9 Å². The standard InChI is InChI=1S/C18H22N2O4S/c1-4-24-16-9-5-15(6-10-16)18(21)19-20-25(22,23)17-11-7-14(8-12-17)13(2)3/h5-13,20H,4H2,1-3H3,(H,19,21). The Bertz CT molecular complexity index is 813. The molecule has 0 saturated heterocycles. The van der Waals surface area contributed by atoms with Crippen LogP contribution in [0.15, 0.2) is 53.4 Å². The molecule has 2 N–H and O–H groups in total. The molecule has 0 fully saturated rings. The summed E-state index contributed by atoms with van der Waals surface area (Å²) in [5.41, 5.74) is 3.57. The Morgan fingerprint density at radius 3 is 2.16 bits per heavy atom. The fraction of sp³-hybridized carbons (Fsp3) is 0.278. The maximum Gasteiger partial charge on any atom is 0.266 e. The van der Waals surface area contributed by atoms with E-state index in [-0.39, 0.29) is 4.90 Å². The third-order valence-electron chi connectivity index (χ3n) is 3.58. The molecule has 6 nitrogen and oxygen atoms in total. The van der Waals surface area contributed by atoms with E-state index in [9.17, 15) is 13.2 Å². The minimum Gasteiger partial charge on any atom is -0.494 e. The molecule has 25 heavy (non-hydrogen) atoms. The molecule has 0 aliphatic heterocycles. The van der Waals surface area contributed by atoms with Gasteiger partial charge >= 0.3 is 0 Å². The van der Waals surface area contributed by atoms with Crippen LogP contribution in [0.4, 0.5) is 0 Å². The fourth-order valence-corrected chi connectivity index (χ4v) is 2.99. The van der Waals surface area contributed by atoms with E-state index in [2.05, 4.69) is 10.3 Å². The second-order valence-corrected chi connectivity index (χ2v) is 7.42. The number of amides is 1. The molecule has 134 valence electrons. The van der Waals surface area contributed by atoms with Gasteiger partial charge in [0.05, 0.1) is 11.5 Å². The van der Waals surface area contributed by atoms with Crippen LogP contribution in [0.3, 0.4) is 0 Å². The average Bonchev–Trinajstić information content (AvgIpc) is 2.61. The van der Waals surface area contributed by atoms with Gasteiger partial charge in [-0.05, 0) is 54.8 Å². The topological polar surface area (TPSA) is 84.5 Å². The van der Waals surface area contributed by atoms with Crippen LogP contribution >= 0.6 is 0 Å². The van der Waals surface area contributed by atoms with Crippen molar-refractivity contribution in [2.45, 2.75) is 31.6 Å². The zero-order valence-electron chi connectivity index (χ0n) is 14.4. The lowest BCUT2D eigenvalue weighted by Gasteiger charge is -2.10. The van der Waals surface area contributed by atoms with Crippen LogP contribution in [0.25, 0.3) is 0 Å². The minimum absolute atomic E-state index is 0.0869. The zero-order valence-corrected chi connectivity index (χ0v) is 15.3. The normalized spacial score (nSPS) is 11.4. The highest BCUT2D eigenvalue weighted by Crippen LogP contribution is 2.17. The quantitative estimate of drug-likeness (QED) is 0.742. The predicted octanol–water partition coefficient (Wildman–Crippen LogP) is 2.83. The molecule has 0 heterocycles. The van der Waals surface area contributed by atoms with E-state index < -0.39 is 15.9 Å². The van der Waals surface area contributed by atoms with Crippen molar-refractivity contribution in [1.82, 2.24) is 10.3 Å². The van der Waals surface area contributed by atoms with Gasteiger partial charge in [-0.15, -0.1) is 4.83 Å². The van der Waals surface area contributed by atoms with Gasteiger partial charge in [0.1, 0.15) is 5.75 Å². The monoisotopic (exact) mass is 362 g/mol. The maximum absolute atomic E-state index is 12.2. The second-order valence-electron chi connectivity index (χ2n) is 5.74. The van der Waals surface area contributed by atoms with Crippen LogP contribution in [0, 0.1) is 0 Å². The first-order valence-electron chi connectivity index (χ1n) is 7.98. The Kier molecular flexibility index (Phi) is 6.17. The van der Waals surface area contributed by atoms with E-state index in [0.717, 1.165) is 5.56 Å². The molecule has 0 saturated carbocycles. The first-order valence-corrected chi connectivity index (χ1v) is 9.46. The highest BCUT2D eigenvalue weighted by Gasteiger charge is 2.16. The summed E-state index contributed by atoms with van der Waals surface area (Å²) in [6.45, 7) is 6.45. The van der Waals surface area contributed by atoms with Gasteiger partial charge in [0, 0.05) is 5.56 Å². The molecular formula is C18H22N2O4S. The Labute approximate surface area is 148 Å². The molecule has 0 aliphatic rings. The summed E-state index contributed by atoms with van der Waals surface area (Å²) in [5.74, 6) is 0.402. The number of sulfonamides is 1. The van der Waals surface area contributed by atoms with Gasteiger partial charge < -0.3 is 4.74 Å². The molecule has 0 atom stereocenters. The molecule has 0 aliphatic carbocycles. The molecule has 1 amide bonds. The number of hydrogen-bond acceptors (Lipinski definition) is 4. The maximum atomic E-state index is 12.2. The Morgan fingerprint density at radius 2 is 1.64 bits per heavy atom.